The zero-order chi connectivity index (χ0) is 12.3. The Kier molecular flexibility index (Phi) is 4.36. The van der Waals surface area contributed by atoms with Crippen molar-refractivity contribution in [3.05, 3.63) is 0 Å². The van der Waals surface area contributed by atoms with Crippen LogP contribution >= 0.6 is 0 Å². The maximum atomic E-state index is 11.4. The summed E-state index contributed by atoms with van der Waals surface area (Å²) < 4.78 is 0. The summed E-state index contributed by atoms with van der Waals surface area (Å²) in [7, 11) is 2.07. The number of nitrogens with one attached hydrogen (secondary N) is 1. The molecule has 2 saturated heterocycles. The van der Waals surface area contributed by atoms with Crippen molar-refractivity contribution in [1.82, 2.24) is 15.1 Å². The summed E-state index contributed by atoms with van der Waals surface area (Å²) in [5.74, 6) is -0.491. The molecule has 2 aliphatic rings. The van der Waals surface area contributed by atoms with E-state index in [1.807, 2.05) is 0 Å². The summed E-state index contributed by atoms with van der Waals surface area (Å²) in [6, 6.07) is 0. The first-order valence-corrected chi connectivity index (χ1v) is 6.51. The van der Waals surface area contributed by atoms with E-state index in [0.29, 0.717) is 5.92 Å². The first kappa shape index (κ1) is 12.8. The highest BCUT2D eigenvalue weighted by Gasteiger charge is 2.34. The molecule has 2 N–H and O–H groups in total. The van der Waals surface area contributed by atoms with Crippen molar-refractivity contribution in [3.63, 3.8) is 0 Å². The van der Waals surface area contributed by atoms with Gasteiger partial charge in [-0.2, -0.15) is 0 Å². The van der Waals surface area contributed by atoms with E-state index in [1.165, 1.54) is 0 Å². The Hall–Kier alpha value is -0.650. The Morgan fingerprint density at radius 1 is 1.41 bits per heavy atom. The van der Waals surface area contributed by atoms with Crippen molar-refractivity contribution in [1.29, 1.82) is 0 Å². The molecule has 17 heavy (non-hydrogen) atoms. The minimum absolute atomic E-state index is 0.196. The van der Waals surface area contributed by atoms with Crippen LogP contribution < -0.4 is 5.32 Å². The zero-order valence-electron chi connectivity index (χ0n) is 10.6. The molecule has 0 aliphatic carbocycles. The highest BCUT2D eigenvalue weighted by molar-refractivity contribution is 5.70. The predicted molar refractivity (Wildman–Crippen MR) is 66.0 cm³/mol. The van der Waals surface area contributed by atoms with E-state index in [9.17, 15) is 9.90 Å². The van der Waals surface area contributed by atoms with E-state index < -0.39 is 5.97 Å². The van der Waals surface area contributed by atoms with Gasteiger partial charge in [0.2, 0.25) is 0 Å². The van der Waals surface area contributed by atoms with Gasteiger partial charge in [0.1, 0.15) is 0 Å². The van der Waals surface area contributed by atoms with Crippen LogP contribution in [0.5, 0.6) is 0 Å². The number of carbonyl (C=O) groups is 1. The Labute approximate surface area is 103 Å². The van der Waals surface area contributed by atoms with E-state index in [2.05, 4.69) is 22.2 Å². The molecule has 5 heteroatoms. The average molecular weight is 241 g/mol. The second kappa shape index (κ2) is 5.80. The van der Waals surface area contributed by atoms with Crippen molar-refractivity contribution >= 4 is 5.97 Å². The van der Waals surface area contributed by atoms with Crippen LogP contribution in [0.4, 0.5) is 0 Å². The second-order valence-electron chi connectivity index (χ2n) is 5.31. The quantitative estimate of drug-likeness (QED) is 0.698. The minimum Gasteiger partial charge on any atom is -0.481 e. The standard InChI is InChI=1S/C12H23N3O2/c1-14-5-2-10(8-14)11(12(16)17)9-15-6-3-13-4-7-15/h10-11,13H,2-9H2,1H3,(H,16,17). The van der Waals surface area contributed by atoms with Crippen molar-refractivity contribution in [2.75, 3.05) is 52.9 Å². The summed E-state index contributed by atoms with van der Waals surface area (Å²) >= 11 is 0. The topological polar surface area (TPSA) is 55.8 Å². The normalized spacial score (nSPS) is 29.4. The van der Waals surface area contributed by atoms with E-state index in [-0.39, 0.29) is 5.92 Å². The van der Waals surface area contributed by atoms with Crippen LogP contribution in [0.2, 0.25) is 0 Å². The van der Waals surface area contributed by atoms with Crippen molar-refractivity contribution in [2.24, 2.45) is 11.8 Å². The molecule has 0 aromatic heterocycles. The number of likely N-dealkylation sites (tertiary alicyclic amines) is 1. The lowest BCUT2D eigenvalue weighted by Gasteiger charge is -2.31. The number of carboxylic acids is 1. The fourth-order valence-corrected chi connectivity index (χ4v) is 2.90. The lowest BCUT2D eigenvalue weighted by Crippen LogP contribution is -2.47. The Morgan fingerprint density at radius 2 is 2.12 bits per heavy atom. The summed E-state index contributed by atoms with van der Waals surface area (Å²) in [6.45, 7) is 6.61. The van der Waals surface area contributed by atoms with Crippen LogP contribution in [0.25, 0.3) is 0 Å². The maximum Gasteiger partial charge on any atom is 0.308 e. The first-order valence-electron chi connectivity index (χ1n) is 6.51. The van der Waals surface area contributed by atoms with Gasteiger partial charge < -0.3 is 15.3 Å². The van der Waals surface area contributed by atoms with Crippen LogP contribution in [0.1, 0.15) is 6.42 Å². The van der Waals surface area contributed by atoms with E-state index in [0.717, 1.165) is 52.2 Å². The molecule has 0 spiro atoms. The fraction of sp³-hybridized carbons (Fsp3) is 0.917. The number of hydrogen-bond acceptors (Lipinski definition) is 4. The molecule has 0 radical (unpaired) electrons. The molecule has 0 saturated carbocycles. The lowest BCUT2D eigenvalue weighted by molar-refractivity contribution is -0.144. The minimum atomic E-state index is -0.621. The average Bonchev–Trinajstić information content (AvgIpc) is 2.73. The Balaban J connectivity index is 1.90. The van der Waals surface area contributed by atoms with Crippen molar-refractivity contribution in [3.8, 4) is 0 Å². The summed E-state index contributed by atoms with van der Waals surface area (Å²) in [5.41, 5.74) is 0. The highest BCUT2D eigenvalue weighted by Crippen LogP contribution is 2.24. The third kappa shape index (κ3) is 3.40. The number of nitrogens with zero attached hydrogens (tertiary/aromatic N) is 2. The number of piperazine rings is 1. The van der Waals surface area contributed by atoms with Gasteiger partial charge in [0, 0.05) is 39.3 Å². The SMILES string of the molecule is CN1CCC(C(CN2CCNCC2)C(=O)O)C1. The van der Waals surface area contributed by atoms with Gasteiger partial charge in [-0.05, 0) is 25.9 Å². The molecular formula is C12H23N3O2. The Morgan fingerprint density at radius 3 is 2.65 bits per heavy atom. The van der Waals surface area contributed by atoms with Gasteiger partial charge in [-0.25, -0.2) is 0 Å². The van der Waals surface area contributed by atoms with Gasteiger partial charge in [-0.1, -0.05) is 0 Å². The summed E-state index contributed by atoms with van der Waals surface area (Å²) in [4.78, 5) is 15.9. The highest BCUT2D eigenvalue weighted by atomic mass is 16.4. The van der Waals surface area contributed by atoms with E-state index >= 15 is 0 Å². The van der Waals surface area contributed by atoms with Crippen molar-refractivity contribution in [2.45, 2.75) is 6.42 Å². The Bertz CT molecular complexity index is 266. The molecule has 5 nitrogen and oxygen atoms in total. The molecule has 0 aromatic rings. The molecule has 0 aromatic carbocycles. The molecule has 2 atom stereocenters. The third-order valence-corrected chi connectivity index (χ3v) is 3.98. The molecular weight excluding hydrogens is 218 g/mol. The number of carboxylic acid groups (broad SMARTS) is 1. The molecule has 2 aliphatic heterocycles. The molecule has 0 amide bonds. The van der Waals surface area contributed by atoms with Gasteiger partial charge in [0.05, 0.1) is 5.92 Å². The van der Waals surface area contributed by atoms with E-state index in [4.69, 9.17) is 0 Å². The van der Waals surface area contributed by atoms with Gasteiger partial charge >= 0.3 is 5.97 Å². The maximum absolute atomic E-state index is 11.4. The molecule has 98 valence electrons. The van der Waals surface area contributed by atoms with Crippen LogP contribution in [-0.4, -0.2) is 73.7 Å². The van der Waals surface area contributed by atoms with Crippen LogP contribution in [0.15, 0.2) is 0 Å². The second-order valence-corrected chi connectivity index (χ2v) is 5.31. The van der Waals surface area contributed by atoms with Gasteiger partial charge in [-0.3, -0.25) is 9.69 Å². The smallest absolute Gasteiger partial charge is 0.308 e. The molecule has 2 unspecified atom stereocenters. The van der Waals surface area contributed by atoms with Gasteiger partial charge in [0.15, 0.2) is 0 Å². The first-order chi connectivity index (χ1) is 8.16. The van der Waals surface area contributed by atoms with Crippen LogP contribution in [0.3, 0.4) is 0 Å². The number of aliphatic carboxylic acids is 1. The largest absolute Gasteiger partial charge is 0.481 e. The zero-order valence-corrected chi connectivity index (χ0v) is 10.6. The number of hydrogen-bond donors (Lipinski definition) is 2. The monoisotopic (exact) mass is 241 g/mol. The van der Waals surface area contributed by atoms with Gasteiger partial charge in [-0.15, -0.1) is 0 Å². The summed E-state index contributed by atoms with van der Waals surface area (Å²) in [5, 5.41) is 12.7. The summed E-state index contributed by atoms with van der Waals surface area (Å²) in [6.07, 6.45) is 1.03. The number of rotatable bonds is 4. The van der Waals surface area contributed by atoms with Crippen LogP contribution in [0, 0.1) is 11.8 Å². The third-order valence-electron chi connectivity index (χ3n) is 3.98. The molecule has 2 rings (SSSR count). The lowest BCUT2D eigenvalue weighted by atomic mass is 9.91. The fourth-order valence-electron chi connectivity index (χ4n) is 2.90. The van der Waals surface area contributed by atoms with Crippen LogP contribution in [-0.2, 0) is 4.79 Å². The van der Waals surface area contributed by atoms with Gasteiger partial charge in [0.25, 0.3) is 0 Å². The predicted octanol–water partition coefficient (Wildman–Crippen LogP) is -0.456. The molecule has 2 fully saturated rings. The van der Waals surface area contributed by atoms with E-state index in [1.54, 1.807) is 0 Å². The molecule has 2 heterocycles. The van der Waals surface area contributed by atoms with Crippen molar-refractivity contribution < 1.29 is 9.90 Å². The molecule has 0 bridgehead atoms.